The summed E-state index contributed by atoms with van der Waals surface area (Å²) in [7, 11) is 0. The lowest BCUT2D eigenvalue weighted by Gasteiger charge is -2.39. The van der Waals surface area contributed by atoms with Crippen LogP contribution in [0.15, 0.2) is 71.0 Å². The molecule has 0 spiro atoms. The lowest BCUT2D eigenvalue weighted by atomic mass is 9.95. The number of benzene rings is 2. The predicted octanol–water partition coefficient (Wildman–Crippen LogP) is 3.39. The Morgan fingerprint density at radius 3 is 2.65 bits per heavy atom. The molecule has 1 unspecified atom stereocenters. The first-order valence-electron chi connectivity index (χ1n) is 9.27. The minimum absolute atomic E-state index is 0.110. The van der Waals surface area contributed by atoms with E-state index in [9.17, 15) is 24.2 Å². The van der Waals surface area contributed by atoms with Crippen LogP contribution in [0.1, 0.15) is 18.1 Å². The number of anilines is 1. The standard InChI is InChI=1S/C22H17ClFN3O4/c1-22(16(21(30)31)9-19(28)29)26-11-13-10-25-20(14-4-2-3-5-17(14)24)15-8-12(23)6-7-18(15)27(13)22/h2-9,11,26H,10H2,1H3,(H,28,29)(H,30,31). The molecule has 1 atom stereocenters. The number of hydrogen-bond donors (Lipinski definition) is 3. The number of carbonyl (C=O) groups is 2. The Kier molecular flexibility index (Phi) is 5.02. The summed E-state index contributed by atoms with van der Waals surface area (Å²) in [5.74, 6) is -3.23. The molecule has 0 fully saturated rings. The number of rotatable bonds is 4. The summed E-state index contributed by atoms with van der Waals surface area (Å²) in [5, 5.41) is 22.4. The molecule has 0 bridgehead atoms. The average Bonchev–Trinajstić information content (AvgIpc) is 2.95. The Morgan fingerprint density at radius 2 is 1.97 bits per heavy atom. The highest BCUT2D eigenvalue weighted by Gasteiger charge is 2.46. The van der Waals surface area contributed by atoms with Crippen LogP contribution in [-0.4, -0.2) is 40.1 Å². The van der Waals surface area contributed by atoms with E-state index >= 15 is 0 Å². The summed E-state index contributed by atoms with van der Waals surface area (Å²) in [5.41, 5.74) is 0.449. The number of nitrogens with zero attached hydrogens (tertiary/aromatic N) is 2. The van der Waals surface area contributed by atoms with Crippen LogP contribution in [0.4, 0.5) is 10.1 Å². The quantitative estimate of drug-likeness (QED) is 0.628. The minimum Gasteiger partial charge on any atom is -0.478 e. The summed E-state index contributed by atoms with van der Waals surface area (Å²) in [6.07, 6.45) is 2.25. The third-order valence-electron chi connectivity index (χ3n) is 5.26. The molecule has 2 heterocycles. The lowest BCUT2D eigenvalue weighted by molar-refractivity contribution is -0.135. The zero-order valence-electron chi connectivity index (χ0n) is 16.3. The second-order valence-corrected chi connectivity index (χ2v) is 7.63. The van der Waals surface area contributed by atoms with Crippen LogP contribution in [0.5, 0.6) is 0 Å². The van der Waals surface area contributed by atoms with Gasteiger partial charge in [0.05, 0.1) is 29.2 Å². The van der Waals surface area contributed by atoms with Crippen molar-refractivity contribution in [1.82, 2.24) is 5.32 Å². The Balaban J connectivity index is 1.95. The molecule has 2 aliphatic rings. The van der Waals surface area contributed by atoms with Crippen LogP contribution < -0.4 is 10.2 Å². The van der Waals surface area contributed by atoms with Crippen molar-refractivity contribution in [2.45, 2.75) is 12.6 Å². The minimum atomic E-state index is -1.43. The van der Waals surface area contributed by atoms with Crippen LogP contribution in [-0.2, 0) is 9.59 Å². The van der Waals surface area contributed by atoms with E-state index in [-0.39, 0.29) is 17.7 Å². The summed E-state index contributed by atoms with van der Waals surface area (Å²) in [6, 6.07) is 11.1. The fourth-order valence-electron chi connectivity index (χ4n) is 3.91. The summed E-state index contributed by atoms with van der Waals surface area (Å²) < 4.78 is 14.6. The number of carboxylic acids is 2. The molecule has 0 radical (unpaired) electrons. The molecule has 9 heteroatoms. The molecular weight excluding hydrogens is 425 g/mol. The molecule has 2 aromatic carbocycles. The molecule has 31 heavy (non-hydrogen) atoms. The molecule has 158 valence electrons. The van der Waals surface area contributed by atoms with Gasteiger partial charge in [-0.25, -0.2) is 14.0 Å². The van der Waals surface area contributed by atoms with E-state index in [1.807, 2.05) is 0 Å². The summed E-state index contributed by atoms with van der Waals surface area (Å²) in [6.45, 7) is 1.67. The molecule has 3 N–H and O–H groups in total. The molecule has 0 aromatic heterocycles. The van der Waals surface area contributed by atoms with E-state index in [0.717, 1.165) is 0 Å². The Bertz CT molecular complexity index is 1210. The highest BCUT2D eigenvalue weighted by molar-refractivity contribution is 6.31. The van der Waals surface area contributed by atoms with E-state index in [1.54, 1.807) is 54.4 Å². The Hall–Kier alpha value is -3.65. The van der Waals surface area contributed by atoms with Crippen molar-refractivity contribution >= 4 is 34.9 Å². The maximum absolute atomic E-state index is 14.6. The smallest absolute Gasteiger partial charge is 0.336 e. The molecule has 0 saturated heterocycles. The molecule has 0 amide bonds. The van der Waals surface area contributed by atoms with Gasteiger partial charge in [-0.2, -0.15) is 0 Å². The Morgan fingerprint density at radius 1 is 1.23 bits per heavy atom. The number of hydrogen-bond acceptors (Lipinski definition) is 5. The van der Waals surface area contributed by atoms with Crippen molar-refractivity contribution in [1.29, 1.82) is 0 Å². The van der Waals surface area contributed by atoms with Crippen LogP contribution in [0, 0.1) is 5.82 Å². The van der Waals surface area contributed by atoms with Crippen molar-refractivity contribution < 1.29 is 24.2 Å². The van der Waals surface area contributed by atoms with Crippen LogP contribution >= 0.6 is 11.6 Å². The van der Waals surface area contributed by atoms with Crippen LogP contribution in [0.25, 0.3) is 0 Å². The fraction of sp³-hybridized carbons (Fsp3) is 0.136. The van der Waals surface area contributed by atoms with Crippen molar-refractivity contribution in [2.24, 2.45) is 4.99 Å². The van der Waals surface area contributed by atoms with E-state index < -0.39 is 23.4 Å². The molecule has 2 aromatic rings. The number of aliphatic imine (C=N–C) groups is 1. The van der Waals surface area contributed by atoms with Gasteiger partial charge in [-0.05, 0) is 37.3 Å². The van der Waals surface area contributed by atoms with Crippen molar-refractivity contribution in [3.05, 3.63) is 88.0 Å². The average molecular weight is 442 g/mol. The monoisotopic (exact) mass is 441 g/mol. The second kappa shape index (κ2) is 7.55. The first-order chi connectivity index (χ1) is 14.7. The van der Waals surface area contributed by atoms with E-state index in [0.29, 0.717) is 33.8 Å². The van der Waals surface area contributed by atoms with Gasteiger partial charge in [-0.1, -0.05) is 23.7 Å². The molecule has 2 aliphatic heterocycles. The SMILES string of the molecule is CC1(C(=CC(=O)O)C(=O)O)NC=C2CN=C(c3ccccc3F)c3cc(Cl)ccc3N21. The number of aliphatic carboxylic acids is 2. The van der Waals surface area contributed by atoms with Gasteiger partial charge in [0.25, 0.3) is 0 Å². The highest BCUT2D eigenvalue weighted by Crippen LogP contribution is 2.41. The second-order valence-electron chi connectivity index (χ2n) is 7.20. The highest BCUT2D eigenvalue weighted by atomic mass is 35.5. The molecule has 7 nitrogen and oxygen atoms in total. The maximum Gasteiger partial charge on any atom is 0.336 e. The summed E-state index contributed by atoms with van der Waals surface area (Å²) in [4.78, 5) is 29.5. The van der Waals surface area contributed by atoms with Crippen LogP contribution in [0.2, 0.25) is 5.02 Å². The van der Waals surface area contributed by atoms with Crippen molar-refractivity contribution in [2.75, 3.05) is 11.4 Å². The molecule has 0 aliphatic carbocycles. The van der Waals surface area contributed by atoms with Gasteiger partial charge in [0.2, 0.25) is 0 Å². The number of nitrogens with one attached hydrogen (secondary N) is 1. The van der Waals surface area contributed by atoms with Gasteiger partial charge in [0, 0.05) is 28.4 Å². The predicted molar refractivity (Wildman–Crippen MR) is 114 cm³/mol. The molecule has 4 rings (SSSR count). The third kappa shape index (κ3) is 3.44. The number of fused-ring (bicyclic) bond motifs is 3. The Labute approximate surface area is 181 Å². The third-order valence-corrected chi connectivity index (χ3v) is 5.49. The fourth-order valence-corrected chi connectivity index (χ4v) is 4.08. The largest absolute Gasteiger partial charge is 0.478 e. The normalized spacial score (nSPS) is 20.1. The lowest BCUT2D eigenvalue weighted by Crippen LogP contribution is -2.54. The van der Waals surface area contributed by atoms with E-state index in [2.05, 4.69) is 10.3 Å². The van der Waals surface area contributed by atoms with Crippen molar-refractivity contribution in [3.63, 3.8) is 0 Å². The van der Waals surface area contributed by atoms with Gasteiger partial charge >= 0.3 is 11.9 Å². The topological polar surface area (TPSA) is 102 Å². The molecule has 0 saturated carbocycles. The summed E-state index contributed by atoms with van der Waals surface area (Å²) >= 11 is 6.24. The van der Waals surface area contributed by atoms with Gasteiger partial charge in [-0.15, -0.1) is 0 Å². The number of halogens is 2. The maximum atomic E-state index is 14.6. The zero-order chi connectivity index (χ0) is 22.3. The zero-order valence-corrected chi connectivity index (χ0v) is 17.0. The van der Waals surface area contributed by atoms with Gasteiger partial charge in [0.1, 0.15) is 11.5 Å². The van der Waals surface area contributed by atoms with Crippen molar-refractivity contribution in [3.8, 4) is 0 Å². The van der Waals surface area contributed by atoms with E-state index in [1.165, 1.54) is 6.07 Å². The first kappa shape index (κ1) is 20.6. The van der Waals surface area contributed by atoms with Gasteiger partial charge in [-0.3, -0.25) is 4.99 Å². The first-order valence-corrected chi connectivity index (χ1v) is 9.65. The van der Waals surface area contributed by atoms with Gasteiger partial charge < -0.3 is 20.4 Å². The number of carboxylic acid groups (broad SMARTS) is 2. The van der Waals surface area contributed by atoms with Crippen LogP contribution in [0.3, 0.4) is 0 Å². The van der Waals surface area contributed by atoms with E-state index in [4.69, 9.17) is 11.6 Å². The van der Waals surface area contributed by atoms with Gasteiger partial charge in [0.15, 0.2) is 0 Å². The molecular formula is C22H17ClFN3O4.